The Morgan fingerprint density at radius 2 is 1.56 bits per heavy atom. The highest BCUT2D eigenvalue weighted by Gasteiger charge is 2.46. The van der Waals surface area contributed by atoms with Crippen LogP contribution >= 0.6 is 11.6 Å². The normalized spacial score (nSPS) is 15.8. The minimum Gasteiger partial charge on any atom is -0.489 e. The lowest BCUT2D eigenvalue weighted by Gasteiger charge is -2.28. The van der Waals surface area contributed by atoms with E-state index in [1.807, 2.05) is 72.8 Å². The van der Waals surface area contributed by atoms with E-state index in [0.29, 0.717) is 30.2 Å². The minimum absolute atomic E-state index is 0.137. The number of aromatic nitrogens is 1. The Bertz CT molecular complexity index is 1460. The molecule has 39 heavy (non-hydrogen) atoms. The Balaban J connectivity index is 1.27. The minimum atomic E-state index is -1.14. The van der Waals surface area contributed by atoms with Gasteiger partial charge in [-0.1, -0.05) is 54.1 Å². The van der Waals surface area contributed by atoms with Gasteiger partial charge in [-0.2, -0.15) is 0 Å². The molecule has 0 saturated heterocycles. The molecule has 5 rings (SSSR count). The van der Waals surface area contributed by atoms with Crippen molar-refractivity contribution in [3.05, 3.63) is 119 Å². The number of rotatable bonds is 9. The first-order valence-electron chi connectivity index (χ1n) is 12.9. The average Bonchev–Trinajstić information content (AvgIpc) is 3.32. The highest BCUT2D eigenvalue weighted by Crippen LogP contribution is 2.35. The summed E-state index contributed by atoms with van der Waals surface area (Å²) < 4.78 is 11.3. The van der Waals surface area contributed by atoms with Crippen LogP contribution in [0.15, 0.2) is 91.3 Å². The topological polar surface area (TPSA) is 77.5 Å². The van der Waals surface area contributed by atoms with Crippen molar-refractivity contribution in [1.82, 2.24) is 10.3 Å². The Morgan fingerprint density at radius 3 is 2.28 bits per heavy atom. The molecule has 1 aliphatic rings. The SMILES string of the molecule is CCOC(=O)C1(NC(=O)Cc2ccc(OCc3ccncc3)cc2)Cc2ccc(-c3ccc(Cl)cc3)cc2C1. The van der Waals surface area contributed by atoms with E-state index in [-0.39, 0.29) is 18.9 Å². The van der Waals surface area contributed by atoms with Crippen LogP contribution in [0.5, 0.6) is 5.75 Å². The van der Waals surface area contributed by atoms with Crippen LogP contribution in [0.4, 0.5) is 0 Å². The summed E-state index contributed by atoms with van der Waals surface area (Å²) in [5, 5.41) is 3.71. The molecule has 7 heteroatoms. The number of fused-ring (bicyclic) bond motifs is 1. The Labute approximate surface area is 233 Å². The van der Waals surface area contributed by atoms with Crippen LogP contribution in [0.3, 0.4) is 0 Å². The van der Waals surface area contributed by atoms with Gasteiger partial charge in [0.2, 0.25) is 5.91 Å². The van der Waals surface area contributed by atoms with Crippen molar-refractivity contribution >= 4 is 23.5 Å². The molecule has 1 N–H and O–H groups in total. The fourth-order valence-corrected chi connectivity index (χ4v) is 5.02. The lowest BCUT2D eigenvalue weighted by atomic mass is 9.95. The number of carbonyl (C=O) groups is 2. The van der Waals surface area contributed by atoms with E-state index in [0.717, 1.165) is 33.4 Å². The number of amides is 1. The first-order chi connectivity index (χ1) is 18.9. The lowest BCUT2D eigenvalue weighted by Crippen LogP contribution is -2.56. The molecular weight excluding hydrogens is 512 g/mol. The standard InChI is InChI=1S/C32H29ClN2O4/c1-2-38-31(37)32(19-26-6-5-25(18-27(26)20-32)24-7-9-28(33)10-8-24)35-30(36)17-22-3-11-29(12-4-22)39-21-23-13-15-34-16-14-23/h3-16,18H,2,17,19-21H2,1H3,(H,35,36). The van der Waals surface area contributed by atoms with E-state index < -0.39 is 11.5 Å². The van der Waals surface area contributed by atoms with Gasteiger partial charge < -0.3 is 14.8 Å². The average molecular weight is 541 g/mol. The highest BCUT2D eigenvalue weighted by atomic mass is 35.5. The monoisotopic (exact) mass is 540 g/mol. The number of hydrogen-bond acceptors (Lipinski definition) is 5. The summed E-state index contributed by atoms with van der Waals surface area (Å²) in [5.41, 5.74) is 4.82. The van der Waals surface area contributed by atoms with Gasteiger partial charge in [-0.3, -0.25) is 9.78 Å². The van der Waals surface area contributed by atoms with Gasteiger partial charge in [-0.05, 0) is 76.7 Å². The quantitative estimate of drug-likeness (QED) is 0.274. The van der Waals surface area contributed by atoms with Crippen molar-refractivity contribution in [3.8, 4) is 16.9 Å². The molecule has 0 aliphatic heterocycles. The van der Waals surface area contributed by atoms with E-state index in [2.05, 4.69) is 16.4 Å². The number of nitrogens with one attached hydrogen (secondary N) is 1. The predicted molar refractivity (Wildman–Crippen MR) is 151 cm³/mol. The summed E-state index contributed by atoms with van der Waals surface area (Å²) in [4.78, 5) is 30.4. The molecule has 1 aliphatic carbocycles. The predicted octanol–water partition coefficient (Wildman–Crippen LogP) is 5.74. The Kier molecular flexibility index (Phi) is 7.94. The first kappa shape index (κ1) is 26.4. The van der Waals surface area contributed by atoms with Crippen LogP contribution in [-0.4, -0.2) is 29.0 Å². The largest absolute Gasteiger partial charge is 0.489 e. The second kappa shape index (κ2) is 11.7. The van der Waals surface area contributed by atoms with Gasteiger partial charge in [0.25, 0.3) is 0 Å². The number of benzene rings is 3. The number of carbonyl (C=O) groups excluding carboxylic acids is 2. The number of ether oxygens (including phenoxy) is 2. The Morgan fingerprint density at radius 1 is 0.872 bits per heavy atom. The van der Waals surface area contributed by atoms with Crippen molar-refractivity contribution in [2.45, 2.75) is 38.3 Å². The molecule has 1 amide bonds. The molecule has 1 heterocycles. The van der Waals surface area contributed by atoms with Crippen molar-refractivity contribution in [1.29, 1.82) is 0 Å². The number of hydrogen-bond donors (Lipinski definition) is 1. The zero-order valence-electron chi connectivity index (χ0n) is 21.7. The van der Waals surface area contributed by atoms with Crippen LogP contribution in [0.2, 0.25) is 5.02 Å². The maximum absolute atomic E-state index is 13.2. The maximum Gasteiger partial charge on any atom is 0.332 e. The fourth-order valence-electron chi connectivity index (χ4n) is 4.90. The van der Waals surface area contributed by atoms with Gasteiger partial charge in [0.05, 0.1) is 13.0 Å². The zero-order valence-corrected chi connectivity index (χ0v) is 22.4. The molecule has 1 atom stereocenters. The molecule has 3 aromatic carbocycles. The lowest BCUT2D eigenvalue weighted by molar-refractivity contribution is -0.153. The molecule has 0 fully saturated rings. The first-order valence-corrected chi connectivity index (χ1v) is 13.3. The van der Waals surface area contributed by atoms with Crippen molar-refractivity contribution < 1.29 is 19.1 Å². The molecule has 4 aromatic rings. The van der Waals surface area contributed by atoms with E-state index in [1.165, 1.54) is 0 Å². The number of nitrogens with zero attached hydrogens (tertiary/aromatic N) is 1. The summed E-state index contributed by atoms with van der Waals surface area (Å²) in [6, 6.07) is 25.0. The summed E-state index contributed by atoms with van der Waals surface area (Å²) >= 11 is 6.05. The Hall–Kier alpha value is -4.16. The molecule has 0 saturated carbocycles. The van der Waals surface area contributed by atoms with E-state index in [1.54, 1.807) is 19.3 Å². The smallest absolute Gasteiger partial charge is 0.332 e. The van der Waals surface area contributed by atoms with E-state index >= 15 is 0 Å². The van der Waals surface area contributed by atoms with E-state index in [9.17, 15) is 9.59 Å². The molecule has 1 unspecified atom stereocenters. The summed E-state index contributed by atoms with van der Waals surface area (Å²) in [5.74, 6) is 0.0587. The van der Waals surface area contributed by atoms with Crippen LogP contribution in [0.25, 0.3) is 11.1 Å². The molecule has 0 spiro atoms. The number of pyridine rings is 1. The molecular formula is C32H29ClN2O4. The van der Waals surface area contributed by atoms with Crippen LogP contribution in [0.1, 0.15) is 29.2 Å². The third-order valence-electron chi connectivity index (χ3n) is 6.86. The second-order valence-electron chi connectivity index (χ2n) is 9.66. The third-order valence-corrected chi connectivity index (χ3v) is 7.11. The summed E-state index contributed by atoms with van der Waals surface area (Å²) in [7, 11) is 0. The van der Waals surface area contributed by atoms with Gasteiger partial charge in [0, 0.05) is 30.3 Å². The van der Waals surface area contributed by atoms with Gasteiger partial charge in [-0.25, -0.2) is 4.79 Å². The fraction of sp³-hybridized carbons (Fsp3) is 0.219. The van der Waals surface area contributed by atoms with Gasteiger partial charge in [0.15, 0.2) is 0 Å². The van der Waals surface area contributed by atoms with Crippen molar-refractivity contribution in [2.24, 2.45) is 0 Å². The second-order valence-corrected chi connectivity index (χ2v) is 10.1. The molecule has 0 bridgehead atoms. The molecule has 1 aromatic heterocycles. The molecule has 198 valence electrons. The highest BCUT2D eigenvalue weighted by molar-refractivity contribution is 6.30. The molecule has 0 radical (unpaired) electrons. The van der Waals surface area contributed by atoms with Crippen LogP contribution in [-0.2, 0) is 40.2 Å². The van der Waals surface area contributed by atoms with E-state index in [4.69, 9.17) is 21.1 Å². The number of halogens is 1. The van der Waals surface area contributed by atoms with Crippen LogP contribution < -0.4 is 10.1 Å². The maximum atomic E-state index is 13.2. The van der Waals surface area contributed by atoms with Crippen molar-refractivity contribution in [3.63, 3.8) is 0 Å². The third kappa shape index (κ3) is 6.29. The summed E-state index contributed by atoms with van der Waals surface area (Å²) in [6.07, 6.45) is 4.35. The zero-order chi connectivity index (χ0) is 27.2. The van der Waals surface area contributed by atoms with Gasteiger partial charge in [-0.15, -0.1) is 0 Å². The molecule has 6 nitrogen and oxygen atoms in total. The van der Waals surface area contributed by atoms with Crippen molar-refractivity contribution in [2.75, 3.05) is 6.61 Å². The summed E-state index contributed by atoms with van der Waals surface area (Å²) in [6.45, 7) is 2.45. The van der Waals surface area contributed by atoms with Gasteiger partial charge >= 0.3 is 5.97 Å². The number of esters is 1. The van der Waals surface area contributed by atoms with Gasteiger partial charge in [0.1, 0.15) is 17.9 Å². The van der Waals surface area contributed by atoms with Crippen LogP contribution in [0, 0.1) is 0 Å².